The van der Waals surface area contributed by atoms with E-state index >= 15 is 0 Å². The Morgan fingerprint density at radius 1 is 1.15 bits per heavy atom. The van der Waals surface area contributed by atoms with Gasteiger partial charge in [-0.15, -0.1) is 0 Å². The molecule has 3 rings (SSSR count). The standard InChI is InChI=1S/C20H22N4O2/c1-15-7-6-10-17-19(15)22-14-24(20(17)26)13-18(25)21-11-12-23(2)16-8-4-3-5-9-16/h3-10,14H,11-13H2,1-2H3,(H,21,25). The van der Waals surface area contributed by atoms with Crippen LogP contribution in [0.15, 0.2) is 59.7 Å². The van der Waals surface area contributed by atoms with E-state index in [1.54, 1.807) is 6.07 Å². The van der Waals surface area contributed by atoms with Crippen LogP contribution in [-0.2, 0) is 11.3 Å². The van der Waals surface area contributed by atoms with Gasteiger partial charge in [-0.1, -0.05) is 30.3 Å². The highest BCUT2D eigenvalue weighted by Gasteiger charge is 2.09. The molecule has 0 radical (unpaired) electrons. The summed E-state index contributed by atoms with van der Waals surface area (Å²) in [5.74, 6) is -0.206. The fraction of sp³-hybridized carbons (Fsp3) is 0.250. The van der Waals surface area contributed by atoms with Crippen molar-refractivity contribution in [3.05, 3.63) is 70.8 Å². The van der Waals surface area contributed by atoms with Crippen LogP contribution >= 0.6 is 0 Å². The fourth-order valence-electron chi connectivity index (χ4n) is 2.84. The predicted octanol–water partition coefficient (Wildman–Crippen LogP) is 1.96. The van der Waals surface area contributed by atoms with Crippen LogP contribution in [0.25, 0.3) is 10.9 Å². The molecule has 0 bridgehead atoms. The molecule has 0 unspecified atom stereocenters. The van der Waals surface area contributed by atoms with Crippen LogP contribution in [0.4, 0.5) is 5.69 Å². The van der Waals surface area contributed by atoms with Gasteiger partial charge < -0.3 is 10.2 Å². The quantitative estimate of drug-likeness (QED) is 0.738. The van der Waals surface area contributed by atoms with E-state index in [4.69, 9.17) is 0 Å². The van der Waals surface area contributed by atoms with Crippen molar-refractivity contribution in [2.45, 2.75) is 13.5 Å². The maximum Gasteiger partial charge on any atom is 0.261 e. The molecule has 1 amide bonds. The number of nitrogens with one attached hydrogen (secondary N) is 1. The van der Waals surface area contributed by atoms with Gasteiger partial charge in [0, 0.05) is 25.8 Å². The van der Waals surface area contributed by atoms with E-state index in [9.17, 15) is 9.59 Å². The molecule has 1 aromatic heterocycles. The van der Waals surface area contributed by atoms with Crippen molar-refractivity contribution in [3.63, 3.8) is 0 Å². The van der Waals surface area contributed by atoms with Crippen LogP contribution in [0.2, 0.25) is 0 Å². The SMILES string of the molecule is Cc1cccc2c(=O)n(CC(=O)NCCN(C)c3ccccc3)cnc12. The fourth-order valence-corrected chi connectivity index (χ4v) is 2.84. The number of carbonyl (C=O) groups is 1. The largest absolute Gasteiger partial charge is 0.373 e. The van der Waals surface area contributed by atoms with Gasteiger partial charge in [0.15, 0.2) is 0 Å². The van der Waals surface area contributed by atoms with Gasteiger partial charge in [0.1, 0.15) is 6.54 Å². The molecule has 1 heterocycles. The first kappa shape index (κ1) is 17.7. The van der Waals surface area contributed by atoms with E-state index in [2.05, 4.69) is 15.2 Å². The molecule has 6 nitrogen and oxygen atoms in total. The van der Waals surface area contributed by atoms with Crippen LogP contribution < -0.4 is 15.8 Å². The second kappa shape index (κ2) is 7.82. The Morgan fingerprint density at radius 2 is 1.92 bits per heavy atom. The van der Waals surface area contributed by atoms with E-state index in [0.29, 0.717) is 24.0 Å². The smallest absolute Gasteiger partial charge is 0.261 e. The molecule has 6 heteroatoms. The molecular formula is C20H22N4O2. The summed E-state index contributed by atoms with van der Waals surface area (Å²) in [6.45, 7) is 3.05. The Bertz CT molecular complexity index is 966. The first-order valence-corrected chi connectivity index (χ1v) is 8.54. The van der Waals surface area contributed by atoms with Gasteiger partial charge in [-0.3, -0.25) is 14.2 Å². The average molecular weight is 350 g/mol. The van der Waals surface area contributed by atoms with Crippen LogP contribution in [0.1, 0.15) is 5.56 Å². The number of hydrogen-bond acceptors (Lipinski definition) is 4. The number of amides is 1. The Labute approximate surface area is 152 Å². The molecule has 0 aliphatic heterocycles. The molecule has 0 saturated carbocycles. The number of rotatable bonds is 6. The second-order valence-corrected chi connectivity index (χ2v) is 6.26. The molecule has 0 fully saturated rings. The molecule has 0 saturated heterocycles. The zero-order valence-electron chi connectivity index (χ0n) is 15.0. The number of fused-ring (bicyclic) bond motifs is 1. The first-order chi connectivity index (χ1) is 12.6. The molecule has 2 aromatic carbocycles. The molecule has 26 heavy (non-hydrogen) atoms. The summed E-state index contributed by atoms with van der Waals surface area (Å²) < 4.78 is 1.35. The van der Waals surface area contributed by atoms with E-state index < -0.39 is 0 Å². The molecule has 0 spiro atoms. The third-order valence-electron chi connectivity index (χ3n) is 4.34. The predicted molar refractivity (Wildman–Crippen MR) is 103 cm³/mol. The van der Waals surface area contributed by atoms with Gasteiger partial charge in [0.05, 0.1) is 17.2 Å². The van der Waals surface area contributed by atoms with E-state index in [1.165, 1.54) is 10.9 Å². The lowest BCUT2D eigenvalue weighted by molar-refractivity contribution is -0.121. The maximum atomic E-state index is 12.5. The number of carbonyl (C=O) groups excluding carboxylic acids is 1. The highest BCUT2D eigenvalue weighted by molar-refractivity contribution is 5.81. The van der Waals surface area contributed by atoms with Crippen molar-refractivity contribution in [2.75, 3.05) is 25.0 Å². The summed E-state index contributed by atoms with van der Waals surface area (Å²) in [4.78, 5) is 31.1. The number of nitrogens with zero attached hydrogens (tertiary/aromatic N) is 3. The van der Waals surface area contributed by atoms with Crippen molar-refractivity contribution < 1.29 is 4.79 Å². The third-order valence-corrected chi connectivity index (χ3v) is 4.34. The molecule has 0 atom stereocenters. The van der Waals surface area contributed by atoms with Crippen molar-refractivity contribution in [2.24, 2.45) is 0 Å². The summed E-state index contributed by atoms with van der Waals surface area (Å²) in [6.07, 6.45) is 1.44. The van der Waals surface area contributed by atoms with Crippen molar-refractivity contribution >= 4 is 22.5 Å². The monoisotopic (exact) mass is 350 g/mol. The average Bonchev–Trinajstić information content (AvgIpc) is 2.65. The Balaban J connectivity index is 1.59. The topological polar surface area (TPSA) is 67.2 Å². The molecule has 0 aliphatic carbocycles. The number of anilines is 1. The number of aryl methyl sites for hydroxylation is 1. The van der Waals surface area contributed by atoms with Gasteiger partial charge in [0.25, 0.3) is 5.56 Å². The molecule has 1 N–H and O–H groups in total. The van der Waals surface area contributed by atoms with Gasteiger partial charge in [-0.05, 0) is 30.7 Å². The lowest BCUT2D eigenvalue weighted by Gasteiger charge is -2.19. The van der Waals surface area contributed by atoms with Gasteiger partial charge >= 0.3 is 0 Å². The number of para-hydroxylation sites is 2. The summed E-state index contributed by atoms with van der Waals surface area (Å²) in [5.41, 5.74) is 2.51. The maximum absolute atomic E-state index is 12.5. The Hall–Kier alpha value is -3.15. The molecule has 0 aliphatic rings. The van der Waals surface area contributed by atoms with Crippen LogP contribution in [0.3, 0.4) is 0 Å². The third kappa shape index (κ3) is 3.91. The lowest BCUT2D eigenvalue weighted by atomic mass is 10.1. The minimum absolute atomic E-state index is 0.0369. The second-order valence-electron chi connectivity index (χ2n) is 6.26. The van der Waals surface area contributed by atoms with E-state index in [-0.39, 0.29) is 18.0 Å². The summed E-state index contributed by atoms with van der Waals surface area (Å²) in [7, 11) is 1.97. The summed E-state index contributed by atoms with van der Waals surface area (Å²) >= 11 is 0. The summed E-state index contributed by atoms with van der Waals surface area (Å²) in [5, 5.41) is 3.38. The Morgan fingerprint density at radius 3 is 2.69 bits per heavy atom. The van der Waals surface area contributed by atoms with Crippen LogP contribution in [-0.4, -0.2) is 35.6 Å². The summed E-state index contributed by atoms with van der Waals surface area (Å²) in [6, 6.07) is 15.4. The van der Waals surface area contributed by atoms with E-state index in [0.717, 1.165) is 11.3 Å². The van der Waals surface area contributed by atoms with E-state index in [1.807, 2.05) is 56.4 Å². The highest BCUT2D eigenvalue weighted by atomic mass is 16.2. The Kier molecular flexibility index (Phi) is 5.31. The lowest BCUT2D eigenvalue weighted by Crippen LogP contribution is -2.36. The number of hydrogen-bond donors (Lipinski definition) is 1. The van der Waals surface area contributed by atoms with Crippen molar-refractivity contribution in [1.82, 2.24) is 14.9 Å². The molecular weight excluding hydrogens is 328 g/mol. The molecule has 3 aromatic rings. The number of likely N-dealkylation sites (N-methyl/N-ethyl adjacent to an activating group) is 1. The molecule has 134 valence electrons. The van der Waals surface area contributed by atoms with Gasteiger partial charge in [-0.2, -0.15) is 0 Å². The van der Waals surface area contributed by atoms with Gasteiger partial charge in [-0.25, -0.2) is 4.98 Å². The normalized spacial score (nSPS) is 10.7. The van der Waals surface area contributed by atoms with Crippen LogP contribution in [0.5, 0.6) is 0 Å². The minimum atomic E-state index is -0.206. The zero-order chi connectivity index (χ0) is 18.5. The van der Waals surface area contributed by atoms with Crippen LogP contribution in [0, 0.1) is 6.92 Å². The van der Waals surface area contributed by atoms with Crippen molar-refractivity contribution in [1.29, 1.82) is 0 Å². The minimum Gasteiger partial charge on any atom is -0.373 e. The van der Waals surface area contributed by atoms with Crippen molar-refractivity contribution in [3.8, 4) is 0 Å². The zero-order valence-corrected chi connectivity index (χ0v) is 15.0. The van der Waals surface area contributed by atoms with Gasteiger partial charge in [0.2, 0.25) is 5.91 Å². The first-order valence-electron chi connectivity index (χ1n) is 8.54. The number of benzene rings is 2. The highest BCUT2D eigenvalue weighted by Crippen LogP contribution is 2.11. The number of aromatic nitrogens is 2.